The smallest absolute Gasteiger partial charge is 0.0968 e. The molecule has 0 amide bonds. The van der Waals surface area contributed by atoms with Gasteiger partial charge < -0.3 is 5.73 Å². The van der Waals surface area contributed by atoms with Crippen molar-refractivity contribution in [1.29, 1.82) is 0 Å². The first-order chi connectivity index (χ1) is 7.16. The quantitative estimate of drug-likeness (QED) is 0.787. The van der Waals surface area contributed by atoms with Crippen LogP contribution in [0.25, 0.3) is 0 Å². The highest BCUT2D eigenvalue weighted by molar-refractivity contribution is 7.09. The first-order valence-corrected chi connectivity index (χ1v) is 5.79. The third kappa shape index (κ3) is 2.18. The van der Waals surface area contributed by atoms with Crippen LogP contribution in [0.2, 0.25) is 0 Å². The molecular weight excluding hydrogens is 204 g/mol. The number of hydrogen-bond donors (Lipinski definition) is 1. The van der Waals surface area contributed by atoms with Crippen molar-refractivity contribution in [3.63, 3.8) is 0 Å². The van der Waals surface area contributed by atoms with Crippen molar-refractivity contribution in [2.75, 3.05) is 5.73 Å². The maximum absolute atomic E-state index is 5.85. The molecule has 0 aliphatic heterocycles. The Morgan fingerprint density at radius 2 is 2.07 bits per heavy atom. The van der Waals surface area contributed by atoms with Crippen LogP contribution in [0.15, 0.2) is 23.7 Å². The normalized spacial score (nSPS) is 10.5. The Kier molecular flexibility index (Phi) is 2.73. The number of aromatic nitrogens is 1. The molecule has 0 radical (unpaired) electrons. The second-order valence-electron chi connectivity index (χ2n) is 3.74. The minimum Gasteiger partial charge on any atom is -0.399 e. The molecule has 0 bridgehead atoms. The summed E-state index contributed by atoms with van der Waals surface area (Å²) in [6, 6.07) is 4.20. The summed E-state index contributed by atoms with van der Waals surface area (Å²) in [6.07, 6.45) is 2.75. The van der Waals surface area contributed by atoms with Crippen LogP contribution in [0.5, 0.6) is 0 Å². The molecule has 0 fully saturated rings. The van der Waals surface area contributed by atoms with E-state index in [1.54, 1.807) is 11.3 Å². The number of nitrogens with two attached hydrogens (primary N) is 1. The predicted octanol–water partition coefficient (Wildman–Crippen LogP) is 2.93. The number of anilines is 1. The van der Waals surface area contributed by atoms with Gasteiger partial charge in [-0.2, -0.15) is 0 Å². The highest BCUT2D eigenvalue weighted by Gasteiger charge is 2.04. The van der Waals surface area contributed by atoms with E-state index in [1.165, 1.54) is 11.1 Å². The molecule has 0 atom stereocenters. The van der Waals surface area contributed by atoms with Gasteiger partial charge in [0.05, 0.1) is 5.01 Å². The van der Waals surface area contributed by atoms with Crippen molar-refractivity contribution >= 4 is 17.0 Å². The maximum Gasteiger partial charge on any atom is 0.0968 e. The minimum atomic E-state index is 0.871. The number of nitrogen functional groups attached to an aromatic ring is 1. The molecule has 2 aromatic rings. The highest BCUT2D eigenvalue weighted by Crippen LogP contribution is 2.21. The van der Waals surface area contributed by atoms with E-state index in [2.05, 4.69) is 18.0 Å². The zero-order chi connectivity index (χ0) is 10.8. The first kappa shape index (κ1) is 10.2. The molecule has 1 heterocycles. The largest absolute Gasteiger partial charge is 0.399 e. The van der Waals surface area contributed by atoms with Gasteiger partial charge >= 0.3 is 0 Å². The molecule has 15 heavy (non-hydrogen) atoms. The van der Waals surface area contributed by atoms with Gasteiger partial charge in [-0.15, -0.1) is 11.3 Å². The minimum absolute atomic E-state index is 0.871. The van der Waals surface area contributed by atoms with E-state index < -0.39 is 0 Å². The lowest BCUT2D eigenvalue weighted by molar-refractivity contribution is 1.11. The Morgan fingerprint density at radius 1 is 1.27 bits per heavy atom. The fourth-order valence-corrected chi connectivity index (χ4v) is 2.23. The lowest BCUT2D eigenvalue weighted by Crippen LogP contribution is -1.96. The van der Waals surface area contributed by atoms with Crippen molar-refractivity contribution in [3.05, 3.63) is 45.4 Å². The monoisotopic (exact) mass is 218 g/mol. The van der Waals surface area contributed by atoms with Crippen molar-refractivity contribution in [3.8, 4) is 0 Å². The van der Waals surface area contributed by atoms with Gasteiger partial charge in [-0.3, -0.25) is 0 Å². The van der Waals surface area contributed by atoms with Gasteiger partial charge in [-0.05, 0) is 36.6 Å². The predicted molar refractivity (Wildman–Crippen MR) is 65.2 cm³/mol. The second kappa shape index (κ2) is 4.03. The van der Waals surface area contributed by atoms with E-state index in [1.807, 2.05) is 24.6 Å². The standard InChI is InChI=1S/C12H14N2S/c1-8-6-11(13)9(2)5-10(8)7-12-14-3-4-15-12/h3-6H,7,13H2,1-2H3. The molecular formula is C12H14N2S. The zero-order valence-corrected chi connectivity index (χ0v) is 9.77. The van der Waals surface area contributed by atoms with Gasteiger partial charge in [0.25, 0.3) is 0 Å². The number of rotatable bonds is 2. The van der Waals surface area contributed by atoms with Gasteiger partial charge in [0, 0.05) is 23.7 Å². The van der Waals surface area contributed by atoms with E-state index in [0.717, 1.165) is 22.7 Å². The average molecular weight is 218 g/mol. The zero-order valence-electron chi connectivity index (χ0n) is 8.95. The van der Waals surface area contributed by atoms with Crippen LogP contribution in [0.1, 0.15) is 21.7 Å². The van der Waals surface area contributed by atoms with Crippen molar-refractivity contribution in [1.82, 2.24) is 4.98 Å². The summed E-state index contributed by atoms with van der Waals surface area (Å²) < 4.78 is 0. The fourth-order valence-electron chi connectivity index (χ4n) is 1.59. The summed E-state index contributed by atoms with van der Waals surface area (Å²) in [5.74, 6) is 0. The topological polar surface area (TPSA) is 38.9 Å². The van der Waals surface area contributed by atoms with E-state index in [-0.39, 0.29) is 0 Å². The number of thiazole rings is 1. The molecule has 78 valence electrons. The van der Waals surface area contributed by atoms with E-state index in [0.29, 0.717) is 0 Å². The molecule has 2 nitrogen and oxygen atoms in total. The third-order valence-corrected chi connectivity index (χ3v) is 3.33. The Balaban J connectivity index is 2.33. The van der Waals surface area contributed by atoms with Crippen LogP contribution < -0.4 is 5.73 Å². The number of benzene rings is 1. The Morgan fingerprint density at radius 3 is 2.73 bits per heavy atom. The van der Waals surface area contributed by atoms with Gasteiger partial charge in [-0.25, -0.2) is 4.98 Å². The van der Waals surface area contributed by atoms with E-state index in [9.17, 15) is 0 Å². The van der Waals surface area contributed by atoms with E-state index in [4.69, 9.17) is 5.73 Å². The molecule has 0 spiro atoms. The second-order valence-corrected chi connectivity index (χ2v) is 4.72. The first-order valence-electron chi connectivity index (χ1n) is 4.91. The van der Waals surface area contributed by atoms with Gasteiger partial charge in [0.1, 0.15) is 0 Å². The fraction of sp³-hybridized carbons (Fsp3) is 0.250. The molecule has 1 aromatic carbocycles. The van der Waals surface area contributed by atoms with Gasteiger partial charge in [-0.1, -0.05) is 6.07 Å². The summed E-state index contributed by atoms with van der Waals surface area (Å²) in [5.41, 5.74) is 10.4. The molecule has 0 unspecified atom stereocenters. The Hall–Kier alpha value is -1.35. The molecule has 0 aliphatic rings. The molecule has 1 aromatic heterocycles. The number of nitrogens with zero attached hydrogens (tertiary/aromatic N) is 1. The number of aryl methyl sites for hydroxylation is 2. The van der Waals surface area contributed by atoms with Crippen LogP contribution >= 0.6 is 11.3 Å². The lowest BCUT2D eigenvalue weighted by atomic mass is 10.0. The van der Waals surface area contributed by atoms with Crippen molar-refractivity contribution in [2.24, 2.45) is 0 Å². The van der Waals surface area contributed by atoms with Crippen LogP contribution in [0, 0.1) is 13.8 Å². The average Bonchev–Trinajstić information content (AvgIpc) is 2.67. The molecule has 0 saturated carbocycles. The maximum atomic E-state index is 5.85. The molecule has 0 saturated heterocycles. The Bertz CT molecular complexity index is 461. The summed E-state index contributed by atoms with van der Waals surface area (Å²) in [6.45, 7) is 4.14. The third-order valence-electron chi connectivity index (χ3n) is 2.55. The molecule has 2 N–H and O–H groups in total. The van der Waals surface area contributed by atoms with Crippen molar-refractivity contribution < 1.29 is 0 Å². The summed E-state index contributed by atoms with van der Waals surface area (Å²) >= 11 is 1.69. The summed E-state index contributed by atoms with van der Waals surface area (Å²) in [4.78, 5) is 4.29. The molecule has 3 heteroatoms. The van der Waals surface area contributed by atoms with Gasteiger partial charge in [0.15, 0.2) is 0 Å². The summed E-state index contributed by atoms with van der Waals surface area (Å²) in [5, 5.41) is 3.16. The SMILES string of the molecule is Cc1cc(Cc2nccs2)c(C)cc1N. The van der Waals surface area contributed by atoms with Gasteiger partial charge in [0.2, 0.25) is 0 Å². The van der Waals surface area contributed by atoms with Crippen LogP contribution in [0.4, 0.5) is 5.69 Å². The van der Waals surface area contributed by atoms with Crippen molar-refractivity contribution in [2.45, 2.75) is 20.3 Å². The Labute approximate surface area is 93.8 Å². The van der Waals surface area contributed by atoms with Crippen LogP contribution in [-0.4, -0.2) is 4.98 Å². The molecule has 0 aliphatic carbocycles. The molecule has 2 rings (SSSR count). The van der Waals surface area contributed by atoms with Crippen LogP contribution in [0.3, 0.4) is 0 Å². The summed E-state index contributed by atoms with van der Waals surface area (Å²) in [7, 11) is 0. The number of hydrogen-bond acceptors (Lipinski definition) is 3. The van der Waals surface area contributed by atoms with Crippen LogP contribution in [-0.2, 0) is 6.42 Å². The van der Waals surface area contributed by atoms with E-state index >= 15 is 0 Å². The lowest BCUT2D eigenvalue weighted by Gasteiger charge is -2.08. The highest BCUT2D eigenvalue weighted by atomic mass is 32.1.